The van der Waals surface area contributed by atoms with Gasteiger partial charge in [-0.1, -0.05) is 80.4 Å². The van der Waals surface area contributed by atoms with E-state index in [1.54, 1.807) is 0 Å². The molecule has 0 spiro atoms. The number of carbonyl (C=O) groups excluding carboxylic acids is 1. The minimum absolute atomic E-state index is 0.0298. The normalized spacial score (nSPS) is 13.2. The minimum Gasteiger partial charge on any atom is -0.348 e. The molecule has 0 aromatic heterocycles. The Labute approximate surface area is 150 Å². The van der Waals surface area contributed by atoms with Crippen molar-refractivity contribution in [3.8, 4) is 0 Å². The van der Waals surface area contributed by atoms with Gasteiger partial charge < -0.3 is 5.32 Å². The maximum absolute atomic E-state index is 12.6. The van der Waals surface area contributed by atoms with E-state index < -0.39 is 0 Å². The Morgan fingerprint density at radius 1 is 1.04 bits per heavy atom. The number of benzene rings is 2. The number of nitrogens with one attached hydrogen (secondary N) is 2. The van der Waals surface area contributed by atoms with Crippen molar-refractivity contribution in [2.75, 3.05) is 0 Å². The van der Waals surface area contributed by atoms with Gasteiger partial charge in [0, 0.05) is 0 Å². The van der Waals surface area contributed by atoms with Gasteiger partial charge in [0.2, 0.25) is 5.91 Å². The second kappa shape index (κ2) is 10.6. The molecule has 0 saturated carbocycles. The van der Waals surface area contributed by atoms with Crippen molar-refractivity contribution < 1.29 is 9.63 Å². The predicted molar refractivity (Wildman–Crippen MR) is 101 cm³/mol. The number of unbranched alkanes of at least 4 members (excludes halogenated alkanes) is 1. The summed E-state index contributed by atoms with van der Waals surface area (Å²) in [6, 6.07) is 19.5. The summed E-state index contributed by atoms with van der Waals surface area (Å²) in [5, 5.41) is 3.07. The van der Waals surface area contributed by atoms with Gasteiger partial charge in [-0.3, -0.25) is 9.63 Å². The fourth-order valence-corrected chi connectivity index (χ4v) is 2.59. The van der Waals surface area contributed by atoms with Crippen molar-refractivity contribution in [1.82, 2.24) is 10.8 Å². The molecule has 0 aliphatic carbocycles. The molecule has 4 heteroatoms. The van der Waals surface area contributed by atoms with Crippen LogP contribution >= 0.6 is 0 Å². The van der Waals surface area contributed by atoms with Crippen LogP contribution in [0, 0.1) is 0 Å². The zero-order valence-corrected chi connectivity index (χ0v) is 15.1. The molecule has 0 radical (unpaired) electrons. The van der Waals surface area contributed by atoms with Crippen LogP contribution < -0.4 is 10.8 Å². The smallest absolute Gasteiger partial charge is 0.239 e. The number of amides is 1. The number of hydrogen-bond acceptors (Lipinski definition) is 3. The first-order chi connectivity index (χ1) is 12.2. The highest BCUT2D eigenvalue weighted by atomic mass is 16.6. The van der Waals surface area contributed by atoms with Gasteiger partial charge in [0.15, 0.2) is 0 Å². The summed E-state index contributed by atoms with van der Waals surface area (Å²) < 4.78 is 0. The van der Waals surface area contributed by atoms with Gasteiger partial charge in [-0.25, -0.2) is 0 Å². The van der Waals surface area contributed by atoms with Crippen molar-refractivity contribution >= 4 is 5.91 Å². The first kappa shape index (κ1) is 19.2. The molecule has 1 amide bonds. The third-order valence-electron chi connectivity index (χ3n) is 4.13. The van der Waals surface area contributed by atoms with Crippen LogP contribution in [0.25, 0.3) is 0 Å². The van der Waals surface area contributed by atoms with E-state index in [0.29, 0.717) is 6.61 Å². The minimum atomic E-state index is -0.352. The van der Waals surface area contributed by atoms with E-state index >= 15 is 0 Å². The first-order valence-corrected chi connectivity index (χ1v) is 8.97. The molecule has 2 unspecified atom stereocenters. The molecule has 0 aliphatic rings. The zero-order chi connectivity index (χ0) is 17.9. The predicted octanol–water partition coefficient (Wildman–Crippen LogP) is 4.14. The van der Waals surface area contributed by atoms with E-state index in [2.05, 4.69) is 17.7 Å². The van der Waals surface area contributed by atoms with Gasteiger partial charge >= 0.3 is 0 Å². The number of rotatable bonds is 10. The van der Waals surface area contributed by atoms with Gasteiger partial charge in [-0.05, 0) is 24.5 Å². The lowest BCUT2D eigenvalue weighted by Crippen LogP contribution is -2.44. The highest BCUT2D eigenvalue weighted by Gasteiger charge is 2.20. The highest BCUT2D eigenvalue weighted by molar-refractivity contribution is 5.81. The average Bonchev–Trinajstić information content (AvgIpc) is 2.66. The van der Waals surface area contributed by atoms with E-state index in [1.165, 1.54) is 0 Å². The Bertz CT molecular complexity index is 616. The monoisotopic (exact) mass is 340 g/mol. The van der Waals surface area contributed by atoms with Crippen LogP contribution in [0.1, 0.15) is 50.3 Å². The fraction of sp³-hybridized carbons (Fsp3) is 0.381. The van der Waals surface area contributed by atoms with Crippen LogP contribution in [0.15, 0.2) is 60.7 Å². The molecular weight excluding hydrogens is 312 g/mol. The number of carbonyl (C=O) groups is 1. The zero-order valence-electron chi connectivity index (χ0n) is 15.1. The summed E-state index contributed by atoms with van der Waals surface area (Å²) >= 11 is 0. The molecule has 0 saturated heterocycles. The summed E-state index contributed by atoms with van der Waals surface area (Å²) in [6.07, 6.45) is 2.76. The molecule has 2 atom stereocenters. The van der Waals surface area contributed by atoms with Crippen molar-refractivity contribution in [2.45, 2.75) is 51.8 Å². The second-order valence-electron chi connectivity index (χ2n) is 6.23. The molecule has 0 bridgehead atoms. The van der Waals surface area contributed by atoms with E-state index in [-0.39, 0.29) is 18.0 Å². The molecule has 2 aromatic rings. The van der Waals surface area contributed by atoms with Crippen LogP contribution in [0.3, 0.4) is 0 Å². The number of hydroxylamine groups is 1. The van der Waals surface area contributed by atoms with Gasteiger partial charge in [0.05, 0.1) is 12.6 Å². The lowest BCUT2D eigenvalue weighted by atomic mass is 10.1. The van der Waals surface area contributed by atoms with Crippen molar-refractivity contribution in [3.63, 3.8) is 0 Å². The second-order valence-corrected chi connectivity index (χ2v) is 6.23. The lowest BCUT2D eigenvalue weighted by molar-refractivity contribution is -0.129. The molecular formula is C21H28N2O2. The van der Waals surface area contributed by atoms with Crippen LogP contribution in [0.2, 0.25) is 0 Å². The van der Waals surface area contributed by atoms with E-state index in [4.69, 9.17) is 4.84 Å². The number of hydrogen-bond donors (Lipinski definition) is 2. The quantitative estimate of drug-likeness (QED) is 0.639. The van der Waals surface area contributed by atoms with Gasteiger partial charge in [-0.2, -0.15) is 5.48 Å². The topological polar surface area (TPSA) is 50.4 Å². The molecule has 2 N–H and O–H groups in total. The van der Waals surface area contributed by atoms with E-state index in [1.807, 2.05) is 67.6 Å². The van der Waals surface area contributed by atoms with E-state index in [0.717, 1.165) is 30.4 Å². The fourth-order valence-electron chi connectivity index (χ4n) is 2.59. The maximum Gasteiger partial charge on any atom is 0.239 e. The summed E-state index contributed by atoms with van der Waals surface area (Å²) in [4.78, 5) is 18.2. The lowest BCUT2D eigenvalue weighted by Gasteiger charge is -2.21. The van der Waals surface area contributed by atoms with Crippen LogP contribution in [0.4, 0.5) is 0 Å². The van der Waals surface area contributed by atoms with Crippen LogP contribution in [-0.4, -0.2) is 11.9 Å². The summed E-state index contributed by atoms with van der Waals surface area (Å²) in [6.45, 7) is 4.55. The van der Waals surface area contributed by atoms with Gasteiger partial charge in [0.25, 0.3) is 0 Å². The molecule has 25 heavy (non-hydrogen) atoms. The molecule has 134 valence electrons. The first-order valence-electron chi connectivity index (χ1n) is 8.97. The Morgan fingerprint density at radius 2 is 1.68 bits per heavy atom. The maximum atomic E-state index is 12.6. The van der Waals surface area contributed by atoms with Crippen molar-refractivity contribution in [2.24, 2.45) is 0 Å². The standard InChI is InChI=1S/C21H28N2O2/c1-3-4-15-20(23-25-16-18-11-7-5-8-12-18)21(24)22-17(2)19-13-9-6-10-14-19/h5-14,17,20,23H,3-4,15-16H2,1-2H3,(H,22,24). The Hall–Kier alpha value is -2.17. The average molecular weight is 340 g/mol. The Morgan fingerprint density at radius 3 is 2.32 bits per heavy atom. The Kier molecular flexibility index (Phi) is 8.16. The van der Waals surface area contributed by atoms with Crippen molar-refractivity contribution in [1.29, 1.82) is 0 Å². The summed E-state index contributed by atoms with van der Waals surface area (Å²) in [5.74, 6) is -0.0298. The third kappa shape index (κ3) is 6.69. The molecule has 0 heterocycles. The van der Waals surface area contributed by atoms with Crippen molar-refractivity contribution in [3.05, 3.63) is 71.8 Å². The molecule has 2 aromatic carbocycles. The van der Waals surface area contributed by atoms with E-state index in [9.17, 15) is 4.79 Å². The van der Waals surface area contributed by atoms with Gasteiger partial charge in [-0.15, -0.1) is 0 Å². The summed E-state index contributed by atoms with van der Waals surface area (Å²) in [5.41, 5.74) is 5.11. The Balaban J connectivity index is 1.87. The molecule has 0 aliphatic heterocycles. The summed E-state index contributed by atoms with van der Waals surface area (Å²) in [7, 11) is 0. The highest BCUT2D eigenvalue weighted by Crippen LogP contribution is 2.12. The van der Waals surface area contributed by atoms with Gasteiger partial charge in [0.1, 0.15) is 6.04 Å². The SMILES string of the molecule is CCCCC(NOCc1ccccc1)C(=O)NC(C)c1ccccc1. The largest absolute Gasteiger partial charge is 0.348 e. The third-order valence-corrected chi connectivity index (χ3v) is 4.13. The van der Waals surface area contributed by atoms with Crippen LogP contribution in [0.5, 0.6) is 0 Å². The molecule has 4 nitrogen and oxygen atoms in total. The molecule has 2 rings (SSSR count). The van der Waals surface area contributed by atoms with Crippen LogP contribution in [-0.2, 0) is 16.2 Å². The molecule has 0 fully saturated rings.